The van der Waals surface area contributed by atoms with Crippen LogP contribution in [0.3, 0.4) is 0 Å². The normalized spacial score (nSPS) is 20.0. The summed E-state index contributed by atoms with van der Waals surface area (Å²) in [5.41, 5.74) is 0. The van der Waals surface area contributed by atoms with Gasteiger partial charge in [-0.1, -0.05) is 0 Å². The van der Waals surface area contributed by atoms with Crippen LogP contribution in [0.25, 0.3) is 0 Å². The van der Waals surface area contributed by atoms with Gasteiger partial charge >= 0.3 is 0 Å². The first-order valence-electron chi connectivity index (χ1n) is 1.22. The molecule has 0 amide bonds. The van der Waals surface area contributed by atoms with Crippen LogP contribution >= 0.6 is 28.6 Å². The van der Waals surface area contributed by atoms with Crippen molar-refractivity contribution in [3.8, 4) is 0 Å². The van der Waals surface area contributed by atoms with Gasteiger partial charge in [0.15, 0.2) is 0 Å². The van der Waals surface area contributed by atoms with Crippen LogP contribution in [0.2, 0.25) is 0 Å². The molecule has 0 N–H and O–H groups in total. The summed E-state index contributed by atoms with van der Waals surface area (Å²) in [4.78, 5) is 0. The molecule has 0 aliphatic rings. The molecule has 0 saturated carbocycles. The van der Waals surface area contributed by atoms with Crippen LogP contribution in [0.5, 0.6) is 0 Å². The van der Waals surface area contributed by atoms with Crippen LogP contribution in [0.1, 0.15) is 0 Å². The standard InChI is InChI=1S/C2H3BrF2S/c3-2(5,6)1-4/h6H,1H2. The first-order valence-corrected chi connectivity index (χ1v) is 2.46. The third kappa shape index (κ3) is 4.69. The lowest BCUT2D eigenvalue weighted by Gasteiger charge is -2.00. The highest BCUT2D eigenvalue weighted by atomic mass is 79.9. The summed E-state index contributed by atoms with van der Waals surface area (Å²) < 4.78 is 20.4. The van der Waals surface area contributed by atoms with Gasteiger partial charge in [-0.25, -0.2) is 8.78 Å². The van der Waals surface area contributed by atoms with E-state index < -0.39 is 10.6 Å². The van der Waals surface area contributed by atoms with Crippen molar-refractivity contribution < 1.29 is 8.78 Å². The van der Waals surface area contributed by atoms with E-state index in [0.29, 0.717) is 0 Å². The summed E-state index contributed by atoms with van der Waals surface area (Å²) in [6.07, 6.45) is 0. The quantitative estimate of drug-likeness (QED) is 0.459. The monoisotopic (exact) mass is 176 g/mol. The molecule has 38 valence electrons. The van der Waals surface area contributed by atoms with Crippen molar-refractivity contribution in [2.75, 3.05) is 6.67 Å². The molecule has 4 heteroatoms. The van der Waals surface area contributed by atoms with Crippen LogP contribution in [0.15, 0.2) is 0 Å². The molecule has 1 atom stereocenters. The molecule has 6 heavy (non-hydrogen) atoms. The minimum absolute atomic E-state index is 1.11. The van der Waals surface area contributed by atoms with Crippen molar-refractivity contribution in [3.05, 3.63) is 0 Å². The van der Waals surface area contributed by atoms with Crippen molar-refractivity contribution in [1.29, 1.82) is 0 Å². The number of hydrogen-bond acceptors (Lipinski definition) is 1. The van der Waals surface area contributed by atoms with Gasteiger partial charge < -0.3 is 0 Å². The minimum Gasteiger partial charge on any atom is -0.246 e. The maximum absolute atomic E-state index is 11.5. The zero-order valence-corrected chi connectivity index (χ0v) is 5.27. The molecule has 0 heterocycles. The highest BCUT2D eigenvalue weighted by Gasteiger charge is 2.17. The van der Waals surface area contributed by atoms with E-state index in [1.807, 2.05) is 0 Å². The Bertz CT molecular complexity index is 41.3. The lowest BCUT2D eigenvalue weighted by molar-refractivity contribution is 0.327. The second-order valence-electron chi connectivity index (χ2n) is 0.799. The zero-order chi connectivity index (χ0) is 5.21. The fourth-order valence-electron chi connectivity index (χ4n) is 0. The molecule has 0 fully saturated rings. The SMILES string of the molecule is FCC(F)(S)Br. The summed E-state index contributed by atoms with van der Waals surface area (Å²) in [5.74, 6) is 0. The van der Waals surface area contributed by atoms with E-state index in [0.717, 1.165) is 0 Å². The number of rotatable bonds is 1. The first-order chi connectivity index (χ1) is 2.56. The Morgan fingerprint density at radius 3 is 2.00 bits per heavy atom. The van der Waals surface area contributed by atoms with Crippen LogP contribution in [0.4, 0.5) is 8.78 Å². The van der Waals surface area contributed by atoms with Gasteiger partial charge in [0.05, 0.1) is 0 Å². The molecule has 0 rings (SSSR count). The van der Waals surface area contributed by atoms with E-state index in [1.165, 1.54) is 0 Å². The molecule has 0 aromatic carbocycles. The second kappa shape index (κ2) is 2.12. The fourth-order valence-corrected chi connectivity index (χ4v) is 0. The van der Waals surface area contributed by atoms with Gasteiger partial charge in [-0.05, 0) is 15.9 Å². The van der Waals surface area contributed by atoms with E-state index in [4.69, 9.17) is 0 Å². The molecule has 0 bridgehead atoms. The molecule has 0 spiro atoms. The van der Waals surface area contributed by atoms with Gasteiger partial charge in [0.1, 0.15) is 6.67 Å². The molecule has 0 radical (unpaired) electrons. The van der Waals surface area contributed by atoms with Gasteiger partial charge in [-0.15, -0.1) is 12.6 Å². The number of hydrogen-bond donors (Lipinski definition) is 1. The smallest absolute Gasteiger partial charge is 0.235 e. The first kappa shape index (κ1) is 6.69. The van der Waals surface area contributed by atoms with Crippen LogP contribution in [-0.2, 0) is 0 Å². The molecule has 0 aromatic heterocycles. The molecular weight excluding hydrogens is 174 g/mol. The Balaban J connectivity index is 3.17. The Morgan fingerprint density at radius 1 is 1.83 bits per heavy atom. The topological polar surface area (TPSA) is 0 Å². The number of thiol groups is 1. The largest absolute Gasteiger partial charge is 0.246 e. The summed E-state index contributed by atoms with van der Waals surface area (Å²) >= 11 is 5.43. The maximum Gasteiger partial charge on any atom is 0.235 e. The highest BCUT2D eigenvalue weighted by molar-refractivity contribution is 9.11. The van der Waals surface area contributed by atoms with Gasteiger partial charge in [0.2, 0.25) is 3.91 Å². The molecule has 0 aliphatic heterocycles. The third-order valence-corrected chi connectivity index (χ3v) is 0.492. The summed E-state index contributed by atoms with van der Waals surface area (Å²) in [5, 5.41) is 0. The lowest BCUT2D eigenvalue weighted by atomic mass is 10.9. The summed E-state index contributed by atoms with van der Waals surface area (Å²) in [6.45, 7) is -1.11. The van der Waals surface area contributed by atoms with E-state index in [1.54, 1.807) is 0 Å². The average molecular weight is 177 g/mol. The van der Waals surface area contributed by atoms with Crippen LogP contribution in [0, 0.1) is 0 Å². The fraction of sp³-hybridized carbons (Fsp3) is 1.00. The van der Waals surface area contributed by atoms with Gasteiger partial charge in [0.25, 0.3) is 0 Å². The van der Waals surface area contributed by atoms with Gasteiger partial charge in [0, 0.05) is 0 Å². The highest BCUT2D eigenvalue weighted by Crippen LogP contribution is 2.23. The minimum atomic E-state index is -2.12. The van der Waals surface area contributed by atoms with E-state index in [2.05, 4.69) is 28.6 Å². The summed E-state index contributed by atoms with van der Waals surface area (Å²) in [7, 11) is 0. The summed E-state index contributed by atoms with van der Waals surface area (Å²) in [6, 6.07) is 0. The van der Waals surface area contributed by atoms with Crippen molar-refractivity contribution in [2.45, 2.75) is 3.91 Å². The van der Waals surface area contributed by atoms with Crippen molar-refractivity contribution in [3.63, 3.8) is 0 Å². The Hall–Kier alpha value is 0.690. The third-order valence-electron chi connectivity index (χ3n) is 0.161. The molecule has 0 aliphatic carbocycles. The van der Waals surface area contributed by atoms with E-state index in [9.17, 15) is 8.78 Å². The Morgan fingerprint density at radius 2 is 2.00 bits per heavy atom. The van der Waals surface area contributed by atoms with Crippen molar-refractivity contribution in [2.24, 2.45) is 0 Å². The lowest BCUT2D eigenvalue weighted by Crippen LogP contribution is -2.03. The van der Waals surface area contributed by atoms with Crippen LogP contribution < -0.4 is 0 Å². The van der Waals surface area contributed by atoms with E-state index >= 15 is 0 Å². The predicted molar refractivity (Wildman–Crippen MR) is 27.7 cm³/mol. The van der Waals surface area contributed by atoms with E-state index in [-0.39, 0.29) is 0 Å². The van der Waals surface area contributed by atoms with Crippen molar-refractivity contribution >= 4 is 28.6 Å². The number of alkyl halides is 3. The number of halogens is 3. The van der Waals surface area contributed by atoms with Crippen molar-refractivity contribution in [1.82, 2.24) is 0 Å². The van der Waals surface area contributed by atoms with Gasteiger partial charge in [-0.3, -0.25) is 0 Å². The Kier molecular flexibility index (Phi) is 2.36. The molecule has 0 aromatic rings. The van der Waals surface area contributed by atoms with Crippen LogP contribution in [-0.4, -0.2) is 10.6 Å². The van der Waals surface area contributed by atoms with Gasteiger partial charge in [-0.2, -0.15) is 0 Å². The molecule has 0 saturated heterocycles. The molecule has 1 unspecified atom stereocenters. The Labute approximate surface area is 48.5 Å². The predicted octanol–water partition coefficient (Wildman–Crippen LogP) is 1.90. The average Bonchev–Trinajstić information content (AvgIpc) is 1.35. The zero-order valence-electron chi connectivity index (χ0n) is 2.79. The maximum atomic E-state index is 11.5. The molecular formula is C2H3BrF2S. The molecule has 0 nitrogen and oxygen atoms in total. The second-order valence-corrected chi connectivity index (χ2v) is 3.38.